The summed E-state index contributed by atoms with van der Waals surface area (Å²) >= 11 is 1.88. The summed E-state index contributed by atoms with van der Waals surface area (Å²) in [7, 11) is 0. The highest BCUT2D eigenvalue weighted by Gasteiger charge is 2.51. The molecule has 0 unspecified atom stereocenters. The monoisotopic (exact) mass is 675 g/mol. The molecule has 2 aliphatic rings. The molecule has 0 radical (unpaired) electrons. The van der Waals surface area contributed by atoms with Gasteiger partial charge < -0.3 is 0 Å². The van der Waals surface area contributed by atoms with Gasteiger partial charge in [-0.05, 0) is 102 Å². The fraction of sp³-hybridized carbons (Fsp3) is 0.0200. The first kappa shape index (κ1) is 28.4. The lowest BCUT2D eigenvalue weighted by molar-refractivity contribution is 0.794. The Kier molecular flexibility index (Phi) is 5.65. The van der Waals surface area contributed by atoms with Crippen molar-refractivity contribution < 1.29 is 0 Å². The van der Waals surface area contributed by atoms with Crippen LogP contribution in [0.15, 0.2) is 176 Å². The van der Waals surface area contributed by atoms with Crippen LogP contribution in [0.4, 0.5) is 0 Å². The van der Waals surface area contributed by atoms with Crippen LogP contribution in [0.2, 0.25) is 0 Å². The summed E-state index contributed by atoms with van der Waals surface area (Å²) in [4.78, 5) is 4.82. The van der Waals surface area contributed by atoms with Crippen molar-refractivity contribution in [2.75, 3.05) is 0 Å². The van der Waals surface area contributed by atoms with Crippen molar-refractivity contribution in [1.82, 2.24) is 4.98 Å². The number of thiophene rings is 1. The Morgan fingerprint density at radius 1 is 0.385 bits per heavy atom. The van der Waals surface area contributed by atoms with E-state index in [1.165, 1.54) is 103 Å². The maximum absolute atomic E-state index is 4.82. The Labute approximate surface area is 305 Å². The van der Waals surface area contributed by atoms with E-state index in [1.807, 2.05) is 23.6 Å². The van der Waals surface area contributed by atoms with Crippen LogP contribution < -0.4 is 0 Å². The van der Waals surface area contributed by atoms with Crippen LogP contribution in [0.5, 0.6) is 0 Å². The molecule has 0 amide bonds. The van der Waals surface area contributed by atoms with Crippen LogP contribution in [0.3, 0.4) is 0 Å². The van der Waals surface area contributed by atoms with E-state index < -0.39 is 0 Å². The van der Waals surface area contributed by atoms with Crippen molar-refractivity contribution in [3.05, 3.63) is 198 Å². The molecular formula is C50H29NS. The second-order valence-electron chi connectivity index (χ2n) is 14.2. The number of benzene rings is 8. The highest BCUT2D eigenvalue weighted by Crippen LogP contribution is 2.63. The number of hydrogen-bond donors (Lipinski definition) is 0. The lowest BCUT2D eigenvalue weighted by atomic mass is 9.70. The van der Waals surface area contributed by atoms with Crippen LogP contribution in [0.1, 0.15) is 22.3 Å². The molecule has 2 heterocycles. The SMILES string of the molecule is c1ccc2c(c1)-c1ccccc1C21c2ccccc2-c2ccc(-c3ccc4c(c3)sc3ccc(-c5cccc6ccc7cccnc7c56)cc34)cc21. The predicted octanol–water partition coefficient (Wildman–Crippen LogP) is 13.4. The molecule has 12 rings (SSSR count). The van der Waals surface area contributed by atoms with Crippen molar-refractivity contribution in [3.63, 3.8) is 0 Å². The van der Waals surface area contributed by atoms with E-state index in [0.29, 0.717) is 0 Å². The van der Waals surface area contributed by atoms with Crippen molar-refractivity contribution in [2.24, 2.45) is 0 Å². The Bertz CT molecular complexity index is 3080. The minimum Gasteiger partial charge on any atom is -0.256 e. The first-order chi connectivity index (χ1) is 25.8. The molecule has 10 aromatic rings. The van der Waals surface area contributed by atoms with E-state index in [2.05, 4.69) is 164 Å². The van der Waals surface area contributed by atoms with Crippen molar-refractivity contribution in [3.8, 4) is 44.5 Å². The molecule has 52 heavy (non-hydrogen) atoms. The molecule has 0 aliphatic heterocycles. The lowest BCUT2D eigenvalue weighted by Crippen LogP contribution is -2.25. The van der Waals surface area contributed by atoms with Gasteiger partial charge in [0.15, 0.2) is 0 Å². The smallest absolute Gasteiger partial charge is 0.0786 e. The molecule has 240 valence electrons. The van der Waals surface area contributed by atoms with E-state index in [9.17, 15) is 0 Å². The molecule has 1 nitrogen and oxygen atoms in total. The highest BCUT2D eigenvalue weighted by molar-refractivity contribution is 7.25. The number of pyridine rings is 1. The molecule has 2 aromatic heterocycles. The summed E-state index contributed by atoms with van der Waals surface area (Å²) in [5, 5.41) is 6.20. The molecule has 0 saturated heterocycles. The summed E-state index contributed by atoms with van der Waals surface area (Å²) < 4.78 is 2.62. The maximum Gasteiger partial charge on any atom is 0.0786 e. The molecule has 1 spiro atoms. The van der Waals surface area contributed by atoms with Crippen LogP contribution >= 0.6 is 11.3 Å². The topological polar surface area (TPSA) is 12.9 Å². The van der Waals surface area contributed by atoms with Crippen LogP contribution in [0.25, 0.3) is 86.4 Å². The zero-order valence-electron chi connectivity index (χ0n) is 28.1. The zero-order valence-corrected chi connectivity index (χ0v) is 28.9. The van der Waals surface area contributed by atoms with Gasteiger partial charge in [-0.25, -0.2) is 0 Å². The largest absolute Gasteiger partial charge is 0.256 e. The maximum atomic E-state index is 4.82. The van der Waals surface area contributed by atoms with E-state index in [0.717, 1.165) is 5.52 Å². The summed E-state index contributed by atoms with van der Waals surface area (Å²) in [6.07, 6.45) is 1.90. The van der Waals surface area contributed by atoms with Gasteiger partial charge in [-0.3, -0.25) is 4.98 Å². The van der Waals surface area contributed by atoms with Gasteiger partial charge in [-0.15, -0.1) is 11.3 Å². The molecule has 2 aliphatic carbocycles. The fourth-order valence-electron chi connectivity index (χ4n) is 9.55. The Balaban J connectivity index is 1.03. The van der Waals surface area contributed by atoms with Crippen LogP contribution in [0, 0.1) is 0 Å². The van der Waals surface area contributed by atoms with E-state index in [4.69, 9.17) is 4.98 Å². The van der Waals surface area contributed by atoms with Crippen LogP contribution in [-0.2, 0) is 5.41 Å². The van der Waals surface area contributed by atoms with E-state index in [-0.39, 0.29) is 5.41 Å². The van der Waals surface area contributed by atoms with Gasteiger partial charge in [0.25, 0.3) is 0 Å². The van der Waals surface area contributed by atoms with Gasteiger partial charge in [0.1, 0.15) is 0 Å². The van der Waals surface area contributed by atoms with Gasteiger partial charge in [-0.2, -0.15) is 0 Å². The number of rotatable bonds is 2. The fourth-order valence-corrected chi connectivity index (χ4v) is 10.7. The first-order valence-electron chi connectivity index (χ1n) is 17.9. The normalized spacial score (nSPS) is 13.5. The third-order valence-electron chi connectivity index (χ3n) is 11.7. The molecule has 2 heteroatoms. The summed E-state index contributed by atoms with van der Waals surface area (Å²) in [5.41, 5.74) is 16.5. The minimum atomic E-state index is -0.338. The number of hydrogen-bond acceptors (Lipinski definition) is 2. The molecular weight excluding hydrogens is 647 g/mol. The third-order valence-corrected chi connectivity index (χ3v) is 12.9. The second-order valence-corrected chi connectivity index (χ2v) is 15.3. The Morgan fingerprint density at radius 3 is 1.77 bits per heavy atom. The summed E-state index contributed by atoms with van der Waals surface area (Å²) in [6.45, 7) is 0. The number of nitrogens with zero attached hydrogens (tertiary/aromatic N) is 1. The van der Waals surface area contributed by atoms with E-state index in [1.54, 1.807) is 0 Å². The highest BCUT2D eigenvalue weighted by atomic mass is 32.1. The average molecular weight is 676 g/mol. The predicted molar refractivity (Wildman–Crippen MR) is 219 cm³/mol. The van der Waals surface area contributed by atoms with Crippen molar-refractivity contribution in [1.29, 1.82) is 0 Å². The summed E-state index contributed by atoms with van der Waals surface area (Å²) in [5.74, 6) is 0. The first-order valence-corrected chi connectivity index (χ1v) is 18.8. The van der Waals surface area contributed by atoms with Gasteiger partial charge >= 0.3 is 0 Å². The Hall–Kier alpha value is -6.35. The molecule has 0 fully saturated rings. The average Bonchev–Trinajstić information content (AvgIpc) is 3.83. The molecule has 0 saturated carbocycles. The standard InChI is InChI=1S/C50H29NS/c1-4-15-42-36(11-1)37-12-2-5-16-43(37)50(42)44-17-6-3-13-38(44)39-23-20-32(28-45(39)50)33-21-24-40-41-27-34(22-25-46(41)52-47(40)29-33)35-14-7-9-30-18-19-31-10-8-26-51-49(31)48(30)35/h1-29H. The summed E-state index contributed by atoms with van der Waals surface area (Å²) in [6, 6.07) is 63.5. The quantitative estimate of drug-likeness (QED) is 0.166. The third kappa shape index (κ3) is 3.64. The van der Waals surface area contributed by atoms with Crippen molar-refractivity contribution in [2.45, 2.75) is 5.41 Å². The van der Waals surface area contributed by atoms with Gasteiger partial charge in [-0.1, -0.05) is 140 Å². The van der Waals surface area contributed by atoms with Gasteiger partial charge in [0.05, 0.1) is 10.9 Å². The Morgan fingerprint density at radius 2 is 1.00 bits per heavy atom. The lowest BCUT2D eigenvalue weighted by Gasteiger charge is -2.30. The number of fused-ring (bicyclic) bond motifs is 16. The minimum absolute atomic E-state index is 0.338. The van der Waals surface area contributed by atoms with Gasteiger partial charge in [0, 0.05) is 37.1 Å². The second kappa shape index (κ2) is 10.4. The molecule has 0 N–H and O–H groups in total. The number of aromatic nitrogens is 1. The van der Waals surface area contributed by atoms with Crippen LogP contribution in [-0.4, -0.2) is 4.98 Å². The van der Waals surface area contributed by atoms with Gasteiger partial charge in [0.2, 0.25) is 0 Å². The van der Waals surface area contributed by atoms with E-state index >= 15 is 0 Å². The molecule has 0 atom stereocenters. The molecule has 0 bridgehead atoms. The molecule has 8 aromatic carbocycles. The van der Waals surface area contributed by atoms with Crippen molar-refractivity contribution >= 4 is 53.2 Å². The zero-order chi connectivity index (χ0) is 34.0.